The molecule has 1 aromatic heterocycles. The lowest BCUT2D eigenvalue weighted by Gasteiger charge is -2.21. The van der Waals surface area contributed by atoms with Crippen LogP contribution < -0.4 is 15.4 Å². The fourth-order valence-corrected chi connectivity index (χ4v) is 2.97. The summed E-state index contributed by atoms with van der Waals surface area (Å²) in [4.78, 5) is 26.0. The van der Waals surface area contributed by atoms with Crippen molar-refractivity contribution in [3.8, 4) is 5.75 Å². The quantitative estimate of drug-likeness (QED) is 0.759. The van der Waals surface area contributed by atoms with E-state index in [1.165, 1.54) is 0 Å². The Morgan fingerprint density at radius 3 is 2.44 bits per heavy atom. The third kappa shape index (κ3) is 5.60. The molecule has 0 unspecified atom stereocenters. The van der Waals surface area contributed by atoms with Gasteiger partial charge in [0.15, 0.2) is 0 Å². The minimum absolute atomic E-state index is 0.0185. The van der Waals surface area contributed by atoms with Crippen LogP contribution in [-0.2, 0) is 11.3 Å². The molecule has 2 N–H and O–H groups in total. The molecule has 2 aromatic rings. The molecule has 0 aliphatic heterocycles. The molecule has 5 nitrogen and oxygen atoms in total. The van der Waals surface area contributed by atoms with Crippen molar-refractivity contribution >= 4 is 23.2 Å². The van der Waals surface area contributed by atoms with Crippen LogP contribution in [-0.4, -0.2) is 24.5 Å². The number of thiophene rings is 1. The van der Waals surface area contributed by atoms with Gasteiger partial charge in [0.2, 0.25) is 5.91 Å². The van der Waals surface area contributed by atoms with E-state index in [2.05, 4.69) is 10.6 Å². The summed E-state index contributed by atoms with van der Waals surface area (Å²) in [7, 11) is 0. The monoisotopic (exact) mass is 360 g/mol. The minimum atomic E-state index is -0.584. The second kappa shape index (κ2) is 9.22. The van der Waals surface area contributed by atoms with Gasteiger partial charge in [0.1, 0.15) is 11.8 Å². The van der Waals surface area contributed by atoms with E-state index in [-0.39, 0.29) is 17.7 Å². The lowest BCUT2D eigenvalue weighted by molar-refractivity contribution is -0.124. The van der Waals surface area contributed by atoms with E-state index in [1.54, 1.807) is 35.6 Å². The number of amides is 2. The van der Waals surface area contributed by atoms with Crippen LogP contribution in [0.1, 0.15) is 36.0 Å². The molecule has 0 radical (unpaired) electrons. The van der Waals surface area contributed by atoms with Crippen LogP contribution in [0.3, 0.4) is 0 Å². The van der Waals surface area contributed by atoms with Gasteiger partial charge >= 0.3 is 0 Å². The molecular formula is C19H24N2O3S. The summed E-state index contributed by atoms with van der Waals surface area (Å²) in [5, 5.41) is 7.68. The second-order valence-corrected chi connectivity index (χ2v) is 6.98. The van der Waals surface area contributed by atoms with Crippen molar-refractivity contribution in [2.75, 3.05) is 6.61 Å². The summed E-state index contributed by atoms with van der Waals surface area (Å²) in [6.45, 7) is 6.77. The van der Waals surface area contributed by atoms with Crippen molar-refractivity contribution < 1.29 is 14.3 Å². The molecule has 134 valence electrons. The van der Waals surface area contributed by atoms with E-state index in [0.29, 0.717) is 24.5 Å². The van der Waals surface area contributed by atoms with Gasteiger partial charge in [0, 0.05) is 10.4 Å². The smallest absolute Gasteiger partial charge is 0.251 e. The lowest BCUT2D eigenvalue weighted by Crippen LogP contribution is -2.49. The maximum atomic E-state index is 12.4. The number of hydrogen-bond donors (Lipinski definition) is 2. The average molecular weight is 360 g/mol. The molecule has 0 aliphatic carbocycles. The second-order valence-electron chi connectivity index (χ2n) is 5.95. The maximum absolute atomic E-state index is 12.4. The van der Waals surface area contributed by atoms with Crippen LogP contribution in [0.2, 0.25) is 0 Å². The fourth-order valence-electron chi connectivity index (χ4n) is 2.33. The molecule has 0 spiro atoms. The zero-order chi connectivity index (χ0) is 18.2. The van der Waals surface area contributed by atoms with Gasteiger partial charge in [-0.05, 0) is 48.6 Å². The van der Waals surface area contributed by atoms with Gasteiger partial charge < -0.3 is 15.4 Å². The highest BCUT2D eigenvalue weighted by Crippen LogP contribution is 2.13. The number of carbonyl (C=O) groups excluding carboxylic acids is 2. The van der Waals surface area contributed by atoms with Crippen LogP contribution in [0.25, 0.3) is 0 Å². The predicted octanol–water partition coefficient (Wildman–Crippen LogP) is 3.22. The fraction of sp³-hybridized carbons (Fsp3) is 0.368. The van der Waals surface area contributed by atoms with Crippen molar-refractivity contribution in [1.29, 1.82) is 0 Å². The number of rotatable bonds is 8. The standard InChI is InChI=1S/C19H24N2O3S/c1-4-24-15-9-7-14(8-10-15)18(22)21-17(13(2)3)19(23)20-12-16-6-5-11-25-16/h5-11,13,17H,4,12H2,1-3H3,(H,20,23)(H,21,22)/t17-/m0/s1. The molecule has 1 heterocycles. The van der Waals surface area contributed by atoms with E-state index in [9.17, 15) is 9.59 Å². The molecule has 1 aromatic carbocycles. The van der Waals surface area contributed by atoms with Gasteiger partial charge in [0.05, 0.1) is 13.2 Å². The van der Waals surface area contributed by atoms with Crippen LogP contribution in [0.4, 0.5) is 0 Å². The molecular weight excluding hydrogens is 336 g/mol. The normalized spacial score (nSPS) is 11.8. The maximum Gasteiger partial charge on any atom is 0.251 e. The van der Waals surface area contributed by atoms with Gasteiger partial charge in [0.25, 0.3) is 5.91 Å². The zero-order valence-corrected chi connectivity index (χ0v) is 15.6. The first-order chi connectivity index (χ1) is 12.0. The first-order valence-electron chi connectivity index (χ1n) is 8.35. The highest BCUT2D eigenvalue weighted by molar-refractivity contribution is 7.09. The Kier molecular flexibility index (Phi) is 7.01. The number of benzene rings is 1. The summed E-state index contributed by atoms with van der Waals surface area (Å²) < 4.78 is 5.37. The SMILES string of the molecule is CCOc1ccc(C(=O)N[C@H](C(=O)NCc2cccs2)C(C)C)cc1. The first-order valence-corrected chi connectivity index (χ1v) is 9.23. The Bertz CT molecular complexity index is 681. The minimum Gasteiger partial charge on any atom is -0.494 e. The van der Waals surface area contributed by atoms with Crippen molar-refractivity contribution in [2.24, 2.45) is 5.92 Å². The highest BCUT2D eigenvalue weighted by Gasteiger charge is 2.24. The molecule has 2 rings (SSSR count). The topological polar surface area (TPSA) is 67.4 Å². The molecule has 0 fully saturated rings. The summed E-state index contributed by atoms with van der Waals surface area (Å²) in [5.41, 5.74) is 0.500. The van der Waals surface area contributed by atoms with Crippen molar-refractivity contribution in [2.45, 2.75) is 33.4 Å². The third-order valence-electron chi connectivity index (χ3n) is 3.68. The summed E-state index contributed by atoms with van der Waals surface area (Å²) in [6, 6.07) is 10.2. The molecule has 0 saturated heterocycles. The predicted molar refractivity (Wildman–Crippen MR) is 99.9 cm³/mol. The number of carbonyl (C=O) groups is 2. The number of nitrogens with one attached hydrogen (secondary N) is 2. The summed E-state index contributed by atoms with van der Waals surface area (Å²) in [6.07, 6.45) is 0. The third-order valence-corrected chi connectivity index (χ3v) is 4.56. The largest absolute Gasteiger partial charge is 0.494 e. The molecule has 0 saturated carbocycles. The van der Waals surface area contributed by atoms with Crippen LogP contribution in [0.15, 0.2) is 41.8 Å². The summed E-state index contributed by atoms with van der Waals surface area (Å²) >= 11 is 1.59. The average Bonchev–Trinajstić information content (AvgIpc) is 3.11. The van der Waals surface area contributed by atoms with E-state index < -0.39 is 6.04 Å². The molecule has 6 heteroatoms. The first kappa shape index (κ1) is 19.0. The molecule has 25 heavy (non-hydrogen) atoms. The Morgan fingerprint density at radius 1 is 1.16 bits per heavy atom. The van der Waals surface area contributed by atoms with Crippen molar-refractivity contribution in [3.63, 3.8) is 0 Å². The zero-order valence-electron chi connectivity index (χ0n) is 14.7. The molecule has 0 aliphatic rings. The van der Waals surface area contributed by atoms with Gasteiger partial charge in [-0.3, -0.25) is 9.59 Å². The molecule has 1 atom stereocenters. The Balaban J connectivity index is 1.97. The van der Waals surface area contributed by atoms with E-state index in [1.807, 2.05) is 38.3 Å². The molecule has 2 amide bonds. The Morgan fingerprint density at radius 2 is 1.88 bits per heavy atom. The molecule has 0 bridgehead atoms. The van der Waals surface area contributed by atoms with E-state index in [4.69, 9.17) is 4.74 Å². The number of hydrogen-bond acceptors (Lipinski definition) is 4. The van der Waals surface area contributed by atoms with E-state index in [0.717, 1.165) is 4.88 Å². The Labute approximate surface area is 152 Å². The van der Waals surface area contributed by atoms with Crippen LogP contribution in [0, 0.1) is 5.92 Å². The van der Waals surface area contributed by atoms with Crippen molar-refractivity contribution in [3.05, 3.63) is 52.2 Å². The van der Waals surface area contributed by atoms with Gasteiger partial charge in [-0.25, -0.2) is 0 Å². The number of ether oxygens (including phenoxy) is 1. The highest BCUT2D eigenvalue weighted by atomic mass is 32.1. The van der Waals surface area contributed by atoms with Crippen molar-refractivity contribution in [1.82, 2.24) is 10.6 Å². The van der Waals surface area contributed by atoms with Gasteiger partial charge in [-0.1, -0.05) is 19.9 Å². The van der Waals surface area contributed by atoms with Crippen LogP contribution >= 0.6 is 11.3 Å². The van der Waals surface area contributed by atoms with Gasteiger partial charge in [-0.15, -0.1) is 11.3 Å². The van der Waals surface area contributed by atoms with E-state index >= 15 is 0 Å². The van der Waals surface area contributed by atoms with Crippen LogP contribution in [0.5, 0.6) is 5.75 Å². The summed E-state index contributed by atoms with van der Waals surface area (Å²) in [5.74, 6) is 0.249. The van der Waals surface area contributed by atoms with Gasteiger partial charge in [-0.2, -0.15) is 0 Å². The Hall–Kier alpha value is -2.34. The lowest BCUT2D eigenvalue weighted by atomic mass is 10.0.